The lowest BCUT2D eigenvalue weighted by Crippen LogP contribution is -2.27. The Morgan fingerprint density at radius 2 is 1.80 bits per heavy atom. The number of carbonyl (C=O) groups is 1. The number of hydrogen-bond acceptors (Lipinski definition) is 4. The number of ether oxygens (including phenoxy) is 1. The van der Waals surface area contributed by atoms with E-state index in [1.54, 1.807) is 36.4 Å². The summed E-state index contributed by atoms with van der Waals surface area (Å²) in [4.78, 5) is 23.7. The van der Waals surface area contributed by atoms with Gasteiger partial charge in [-0.1, -0.05) is 24.3 Å². The topological polar surface area (TPSA) is 56.5 Å². The van der Waals surface area contributed by atoms with Crippen LogP contribution in [-0.2, 0) is 0 Å². The molecule has 0 spiro atoms. The van der Waals surface area contributed by atoms with Crippen molar-refractivity contribution in [2.75, 3.05) is 0 Å². The van der Waals surface area contributed by atoms with Crippen molar-refractivity contribution in [3.8, 4) is 16.9 Å². The average Bonchev–Trinajstić information content (AvgIpc) is 2.61. The molecular weight excluding hydrogens is 316 g/mol. The van der Waals surface area contributed by atoms with Crippen LogP contribution >= 0.6 is 0 Å². The Balaban J connectivity index is 1.89. The normalized spacial score (nSPS) is 14.8. The summed E-state index contributed by atoms with van der Waals surface area (Å²) in [6.07, 6.45) is 6.12. The van der Waals surface area contributed by atoms with Crippen LogP contribution in [0, 0.1) is 0 Å². The first-order chi connectivity index (χ1) is 12.0. The molecule has 0 radical (unpaired) electrons. The Morgan fingerprint density at radius 1 is 1.04 bits per heavy atom. The molecule has 1 aromatic heterocycles. The van der Waals surface area contributed by atoms with E-state index in [-0.39, 0.29) is 11.0 Å². The van der Waals surface area contributed by atoms with Gasteiger partial charge in [0.05, 0.1) is 16.5 Å². The van der Waals surface area contributed by atoms with Gasteiger partial charge >= 0.3 is 0 Å². The van der Waals surface area contributed by atoms with Gasteiger partial charge in [0.15, 0.2) is 0 Å². The molecule has 0 atom stereocenters. The first-order valence-electron chi connectivity index (χ1n) is 8.01. The number of benzene rings is 2. The van der Waals surface area contributed by atoms with Crippen LogP contribution in [0.15, 0.2) is 57.9 Å². The van der Waals surface area contributed by atoms with E-state index in [9.17, 15) is 9.59 Å². The zero-order chi connectivity index (χ0) is 17.6. The van der Waals surface area contributed by atoms with Crippen molar-refractivity contribution >= 4 is 23.3 Å². The van der Waals surface area contributed by atoms with Gasteiger partial charge in [0, 0.05) is 5.56 Å². The van der Waals surface area contributed by atoms with Crippen LogP contribution in [0.5, 0.6) is 5.75 Å². The second-order valence-corrected chi connectivity index (χ2v) is 6.61. The number of aldehydes is 1. The molecule has 0 saturated carbocycles. The minimum atomic E-state index is -0.388. The molecule has 25 heavy (non-hydrogen) atoms. The molecule has 124 valence electrons. The molecule has 2 heterocycles. The van der Waals surface area contributed by atoms with E-state index >= 15 is 0 Å². The minimum absolute atomic E-state index is 0.110. The average molecular weight is 332 g/mol. The van der Waals surface area contributed by atoms with Crippen LogP contribution in [0.3, 0.4) is 0 Å². The summed E-state index contributed by atoms with van der Waals surface area (Å²) in [6, 6.07) is 10.4. The lowest BCUT2D eigenvalue weighted by molar-refractivity contribution is 0.112. The van der Waals surface area contributed by atoms with Crippen LogP contribution in [0.2, 0.25) is 0 Å². The number of hydrogen-bond donors (Lipinski definition) is 0. The van der Waals surface area contributed by atoms with Gasteiger partial charge in [-0.2, -0.15) is 0 Å². The Labute approximate surface area is 144 Å². The molecule has 0 aliphatic carbocycles. The molecule has 0 fully saturated rings. The summed E-state index contributed by atoms with van der Waals surface area (Å²) < 4.78 is 11.7. The van der Waals surface area contributed by atoms with E-state index in [0.717, 1.165) is 11.8 Å². The van der Waals surface area contributed by atoms with E-state index < -0.39 is 0 Å². The molecule has 4 rings (SSSR count). The van der Waals surface area contributed by atoms with E-state index in [1.165, 1.54) is 6.26 Å². The van der Waals surface area contributed by atoms with Crippen molar-refractivity contribution in [3.05, 3.63) is 70.1 Å². The maximum atomic E-state index is 12.9. The number of carbonyl (C=O) groups excluding carboxylic acids is 1. The van der Waals surface area contributed by atoms with Gasteiger partial charge in [0.25, 0.3) is 0 Å². The van der Waals surface area contributed by atoms with E-state index in [2.05, 4.69) is 0 Å². The van der Waals surface area contributed by atoms with Crippen LogP contribution in [0.25, 0.3) is 28.2 Å². The van der Waals surface area contributed by atoms with Gasteiger partial charge in [-0.25, -0.2) is 0 Å². The lowest BCUT2D eigenvalue weighted by atomic mass is 9.99. The predicted octanol–water partition coefficient (Wildman–Crippen LogP) is 4.46. The Kier molecular flexibility index (Phi) is 3.35. The molecule has 4 nitrogen and oxygen atoms in total. The third kappa shape index (κ3) is 2.56. The van der Waals surface area contributed by atoms with E-state index in [4.69, 9.17) is 9.15 Å². The monoisotopic (exact) mass is 332 g/mol. The number of rotatable bonds is 2. The van der Waals surface area contributed by atoms with Crippen molar-refractivity contribution in [3.63, 3.8) is 0 Å². The summed E-state index contributed by atoms with van der Waals surface area (Å²) in [5.74, 6) is 0.700. The van der Waals surface area contributed by atoms with Crippen LogP contribution < -0.4 is 10.2 Å². The van der Waals surface area contributed by atoms with Crippen LogP contribution in [0.4, 0.5) is 0 Å². The Bertz CT molecular complexity index is 1070. The van der Waals surface area contributed by atoms with Crippen molar-refractivity contribution in [1.29, 1.82) is 0 Å². The fourth-order valence-electron chi connectivity index (χ4n) is 2.99. The molecule has 4 heteroatoms. The molecule has 3 aromatic rings. The van der Waals surface area contributed by atoms with Crippen molar-refractivity contribution in [2.45, 2.75) is 19.4 Å². The molecule has 0 bridgehead atoms. The summed E-state index contributed by atoms with van der Waals surface area (Å²) in [6.45, 7) is 3.94. The highest BCUT2D eigenvalue weighted by molar-refractivity contribution is 5.91. The maximum Gasteiger partial charge on any atom is 0.200 e. The third-order valence-electron chi connectivity index (χ3n) is 4.32. The van der Waals surface area contributed by atoms with Gasteiger partial charge < -0.3 is 9.15 Å². The zero-order valence-electron chi connectivity index (χ0n) is 13.9. The fourth-order valence-corrected chi connectivity index (χ4v) is 2.99. The second kappa shape index (κ2) is 5.45. The third-order valence-corrected chi connectivity index (χ3v) is 4.32. The number of fused-ring (bicyclic) bond motifs is 3. The molecule has 0 saturated heterocycles. The van der Waals surface area contributed by atoms with Gasteiger partial charge in [0.1, 0.15) is 29.5 Å². The summed E-state index contributed by atoms with van der Waals surface area (Å²) in [5.41, 5.74) is 2.53. The fraction of sp³-hybridized carbons (Fsp3) is 0.143. The highest BCUT2D eigenvalue weighted by Crippen LogP contribution is 2.35. The quantitative estimate of drug-likeness (QED) is 0.650. The maximum absolute atomic E-state index is 12.9. The van der Waals surface area contributed by atoms with Crippen LogP contribution in [-0.4, -0.2) is 11.9 Å². The molecular formula is C21H16O4. The smallest absolute Gasteiger partial charge is 0.200 e. The summed E-state index contributed by atoms with van der Waals surface area (Å²) >= 11 is 0. The Hall–Kier alpha value is -3.14. The van der Waals surface area contributed by atoms with Crippen LogP contribution in [0.1, 0.15) is 29.8 Å². The first-order valence-corrected chi connectivity index (χ1v) is 8.01. The first kappa shape index (κ1) is 15.4. The highest BCUT2D eigenvalue weighted by Gasteiger charge is 2.24. The minimum Gasteiger partial charge on any atom is -0.483 e. The summed E-state index contributed by atoms with van der Waals surface area (Å²) in [5, 5.41) is 0.503. The SMILES string of the molecule is CC1(C)C=Cc2c(ccc3c(=O)c(-c4ccc(C=O)cc4)coc23)O1. The van der Waals surface area contributed by atoms with Gasteiger partial charge in [0.2, 0.25) is 5.43 Å². The zero-order valence-corrected chi connectivity index (χ0v) is 13.9. The molecule has 1 aliphatic heterocycles. The second-order valence-electron chi connectivity index (χ2n) is 6.61. The van der Waals surface area contributed by atoms with E-state index in [1.807, 2.05) is 26.0 Å². The van der Waals surface area contributed by atoms with Gasteiger partial charge in [-0.15, -0.1) is 0 Å². The van der Waals surface area contributed by atoms with Gasteiger partial charge in [-0.3, -0.25) is 9.59 Å². The molecule has 0 unspecified atom stereocenters. The molecule has 0 N–H and O–H groups in total. The molecule has 1 aliphatic rings. The standard InChI is InChI=1S/C21H16O4/c1-21(2)10-9-15-18(25-21)8-7-16-19(23)17(12-24-20(15)16)14-5-3-13(11-22)4-6-14/h3-12H,1-2H3. The van der Waals surface area contributed by atoms with Crippen molar-refractivity contribution in [1.82, 2.24) is 0 Å². The Morgan fingerprint density at radius 3 is 2.52 bits per heavy atom. The predicted molar refractivity (Wildman–Crippen MR) is 97.0 cm³/mol. The summed E-state index contributed by atoms with van der Waals surface area (Å²) in [7, 11) is 0. The van der Waals surface area contributed by atoms with Gasteiger partial charge in [-0.05, 0) is 43.7 Å². The largest absolute Gasteiger partial charge is 0.483 e. The van der Waals surface area contributed by atoms with Crippen molar-refractivity contribution < 1.29 is 13.9 Å². The lowest BCUT2D eigenvalue weighted by Gasteiger charge is -2.27. The van der Waals surface area contributed by atoms with Crippen molar-refractivity contribution in [2.24, 2.45) is 0 Å². The molecule has 2 aromatic carbocycles. The van der Waals surface area contributed by atoms with E-state index in [0.29, 0.717) is 33.4 Å². The molecule has 0 amide bonds. The highest BCUT2D eigenvalue weighted by atomic mass is 16.5.